The lowest BCUT2D eigenvalue weighted by Crippen LogP contribution is -2.40. The molecule has 1 saturated heterocycles. The van der Waals surface area contributed by atoms with Crippen LogP contribution in [0.5, 0.6) is 5.75 Å². The Balaban J connectivity index is 1.49. The van der Waals surface area contributed by atoms with E-state index < -0.39 is 10.0 Å². The van der Waals surface area contributed by atoms with Crippen LogP contribution in [-0.2, 0) is 14.8 Å². The molecule has 0 spiro atoms. The normalized spacial score (nSPS) is 15.2. The summed E-state index contributed by atoms with van der Waals surface area (Å²) in [5.74, 6) is 1.37. The van der Waals surface area contributed by atoms with Crippen molar-refractivity contribution >= 4 is 21.8 Å². The van der Waals surface area contributed by atoms with Crippen molar-refractivity contribution in [3.8, 4) is 11.8 Å². The highest BCUT2D eigenvalue weighted by atomic mass is 32.2. The van der Waals surface area contributed by atoms with Gasteiger partial charge in [0.2, 0.25) is 10.0 Å². The number of thioether (sulfide) groups is 1. The topological polar surface area (TPSA) is 92.5 Å². The molecular formula is C18H19N3O4S2. The van der Waals surface area contributed by atoms with E-state index in [0.717, 1.165) is 5.03 Å². The molecule has 27 heavy (non-hydrogen) atoms. The summed E-state index contributed by atoms with van der Waals surface area (Å²) in [5, 5.41) is 9.50. The predicted octanol–water partition coefficient (Wildman–Crippen LogP) is 2.15. The number of nitrogens with zero attached hydrogens (tertiary/aromatic N) is 3. The van der Waals surface area contributed by atoms with E-state index in [2.05, 4.69) is 11.1 Å². The first kappa shape index (κ1) is 19.6. The van der Waals surface area contributed by atoms with Gasteiger partial charge in [-0.15, -0.1) is 11.8 Å². The van der Waals surface area contributed by atoms with Crippen molar-refractivity contribution in [1.29, 1.82) is 5.26 Å². The van der Waals surface area contributed by atoms with Crippen molar-refractivity contribution in [2.45, 2.75) is 9.92 Å². The Morgan fingerprint density at radius 2 is 1.93 bits per heavy atom. The van der Waals surface area contributed by atoms with Gasteiger partial charge in [0.1, 0.15) is 10.6 Å². The molecule has 1 aromatic carbocycles. The van der Waals surface area contributed by atoms with Crippen LogP contribution >= 0.6 is 11.8 Å². The molecule has 1 fully saturated rings. The van der Waals surface area contributed by atoms with Gasteiger partial charge in [0, 0.05) is 25.0 Å². The van der Waals surface area contributed by atoms with Gasteiger partial charge in [0.15, 0.2) is 0 Å². The third-order valence-corrected chi connectivity index (χ3v) is 6.69. The fraction of sp³-hybridized carbons (Fsp3) is 0.333. The average Bonchev–Trinajstić information content (AvgIpc) is 2.72. The molecule has 1 aromatic heterocycles. The Labute approximate surface area is 163 Å². The molecule has 0 saturated carbocycles. The summed E-state index contributed by atoms with van der Waals surface area (Å²) < 4.78 is 37.3. The van der Waals surface area contributed by atoms with Gasteiger partial charge in [-0.2, -0.15) is 9.57 Å². The molecule has 2 heterocycles. The van der Waals surface area contributed by atoms with Crippen LogP contribution in [-0.4, -0.2) is 56.4 Å². The number of morpholine rings is 1. The maximum absolute atomic E-state index is 12.5. The molecule has 1 aliphatic heterocycles. The first-order valence-electron chi connectivity index (χ1n) is 8.39. The number of pyridine rings is 1. The molecule has 0 atom stereocenters. The molecule has 7 nitrogen and oxygen atoms in total. The fourth-order valence-corrected chi connectivity index (χ4v) is 4.49. The highest BCUT2D eigenvalue weighted by Crippen LogP contribution is 2.21. The number of aromatic nitrogens is 1. The van der Waals surface area contributed by atoms with E-state index in [0.29, 0.717) is 50.0 Å². The number of hydrogen-bond donors (Lipinski definition) is 0. The van der Waals surface area contributed by atoms with Crippen LogP contribution in [0.25, 0.3) is 0 Å². The van der Waals surface area contributed by atoms with Gasteiger partial charge in [0.25, 0.3) is 0 Å². The van der Waals surface area contributed by atoms with E-state index in [1.54, 1.807) is 36.4 Å². The molecule has 9 heteroatoms. The van der Waals surface area contributed by atoms with Crippen molar-refractivity contribution in [3.05, 3.63) is 48.2 Å². The zero-order valence-corrected chi connectivity index (χ0v) is 16.2. The molecule has 0 amide bonds. The molecule has 0 bridgehead atoms. The summed E-state index contributed by atoms with van der Waals surface area (Å²) in [4.78, 5) is 4.44. The summed E-state index contributed by atoms with van der Waals surface area (Å²) in [6, 6.07) is 12.3. The van der Waals surface area contributed by atoms with Crippen molar-refractivity contribution in [2.75, 3.05) is 38.7 Å². The third kappa shape index (κ3) is 5.20. The molecule has 3 rings (SSSR count). The molecule has 2 aromatic rings. The van der Waals surface area contributed by atoms with Crippen molar-refractivity contribution in [3.63, 3.8) is 0 Å². The maximum atomic E-state index is 12.5. The minimum atomic E-state index is -3.51. The van der Waals surface area contributed by atoms with Crippen LogP contribution in [0, 0.1) is 11.3 Å². The monoisotopic (exact) mass is 405 g/mol. The Hall–Kier alpha value is -2.12. The predicted molar refractivity (Wildman–Crippen MR) is 101 cm³/mol. The van der Waals surface area contributed by atoms with Gasteiger partial charge in [-0.1, -0.05) is 0 Å². The van der Waals surface area contributed by atoms with E-state index in [-0.39, 0.29) is 4.90 Å². The maximum Gasteiger partial charge on any atom is 0.244 e. The summed E-state index contributed by atoms with van der Waals surface area (Å²) in [6.45, 7) is 2.04. The molecule has 142 valence electrons. The summed E-state index contributed by atoms with van der Waals surface area (Å²) >= 11 is 1.49. The third-order valence-electron chi connectivity index (χ3n) is 3.90. The van der Waals surface area contributed by atoms with E-state index in [1.165, 1.54) is 22.3 Å². The lowest BCUT2D eigenvalue weighted by Gasteiger charge is -2.25. The first-order chi connectivity index (χ1) is 13.1. The molecule has 1 aliphatic rings. The van der Waals surface area contributed by atoms with Crippen LogP contribution in [0.4, 0.5) is 0 Å². The number of rotatable bonds is 7. The number of sulfonamides is 1. The first-order valence-corrected chi connectivity index (χ1v) is 10.8. The van der Waals surface area contributed by atoms with Gasteiger partial charge in [-0.25, -0.2) is 13.4 Å². The van der Waals surface area contributed by atoms with Crippen molar-refractivity contribution in [2.24, 2.45) is 0 Å². The molecule has 0 aliphatic carbocycles. The minimum Gasteiger partial charge on any atom is -0.493 e. The number of nitriles is 1. The van der Waals surface area contributed by atoms with Gasteiger partial charge in [-0.3, -0.25) is 0 Å². The summed E-state index contributed by atoms with van der Waals surface area (Å²) in [7, 11) is -3.51. The molecule has 0 unspecified atom stereocenters. The number of hydrogen-bond acceptors (Lipinski definition) is 7. The quantitative estimate of drug-likeness (QED) is 0.515. The van der Waals surface area contributed by atoms with Gasteiger partial charge in [-0.05, 0) is 36.4 Å². The summed E-state index contributed by atoms with van der Waals surface area (Å²) in [5.41, 5.74) is 0.591. The lowest BCUT2D eigenvalue weighted by molar-refractivity contribution is 0.0730. The zero-order chi connectivity index (χ0) is 19.1. The van der Waals surface area contributed by atoms with E-state index in [4.69, 9.17) is 14.7 Å². The standard InChI is InChI=1S/C18H19N3O4S2/c19-13-15-1-3-16(4-2-15)25-11-12-26-18-6-5-17(14-20-18)27(22,23)21-7-9-24-10-8-21/h1-6,14H,7-12H2. The second-order valence-electron chi connectivity index (χ2n) is 5.68. The largest absolute Gasteiger partial charge is 0.493 e. The van der Waals surface area contributed by atoms with Crippen LogP contribution in [0.15, 0.2) is 52.5 Å². The van der Waals surface area contributed by atoms with Gasteiger partial charge < -0.3 is 9.47 Å². The van der Waals surface area contributed by atoms with Crippen LogP contribution < -0.4 is 4.74 Å². The highest BCUT2D eigenvalue weighted by Gasteiger charge is 2.26. The Bertz CT molecular complexity index is 888. The Morgan fingerprint density at radius 3 is 2.56 bits per heavy atom. The second-order valence-corrected chi connectivity index (χ2v) is 8.73. The number of benzene rings is 1. The molecule has 0 N–H and O–H groups in total. The number of ether oxygens (including phenoxy) is 2. The lowest BCUT2D eigenvalue weighted by atomic mass is 10.2. The van der Waals surface area contributed by atoms with Crippen molar-refractivity contribution in [1.82, 2.24) is 9.29 Å². The van der Waals surface area contributed by atoms with Crippen LogP contribution in [0.1, 0.15) is 5.56 Å². The average molecular weight is 406 g/mol. The summed E-state index contributed by atoms with van der Waals surface area (Å²) in [6.07, 6.45) is 1.40. The van der Waals surface area contributed by atoms with Gasteiger partial charge in [0.05, 0.1) is 36.5 Å². The van der Waals surface area contributed by atoms with Gasteiger partial charge >= 0.3 is 0 Å². The highest BCUT2D eigenvalue weighted by molar-refractivity contribution is 7.99. The minimum absolute atomic E-state index is 0.197. The van der Waals surface area contributed by atoms with E-state index in [1.807, 2.05) is 0 Å². The van der Waals surface area contributed by atoms with Crippen molar-refractivity contribution < 1.29 is 17.9 Å². The van der Waals surface area contributed by atoms with E-state index >= 15 is 0 Å². The zero-order valence-electron chi connectivity index (χ0n) is 14.6. The fourth-order valence-electron chi connectivity index (χ4n) is 2.47. The van der Waals surface area contributed by atoms with Crippen LogP contribution in [0.3, 0.4) is 0 Å². The van der Waals surface area contributed by atoms with E-state index in [9.17, 15) is 8.42 Å². The molecular weight excluding hydrogens is 386 g/mol. The Morgan fingerprint density at radius 1 is 1.19 bits per heavy atom. The molecule has 0 radical (unpaired) electrons. The second kappa shape index (κ2) is 9.19. The van der Waals surface area contributed by atoms with Crippen LogP contribution in [0.2, 0.25) is 0 Å². The SMILES string of the molecule is N#Cc1ccc(OCCSc2ccc(S(=O)(=O)N3CCOCC3)cn2)cc1. The Kier molecular flexibility index (Phi) is 6.68. The smallest absolute Gasteiger partial charge is 0.244 e.